The molecule has 3 N–H and O–H groups in total. The second-order valence-corrected chi connectivity index (χ2v) is 5.77. The molecule has 1 aromatic rings. The minimum atomic E-state index is -0.912. The second-order valence-electron chi connectivity index (χ2n) is 5.77. The molecule has 0 fully saturated rings. The van der Waals surface area contributed by atoms with Crippen LogP contribution >= 0.6 is 0 Å². The number of hydrogen-bond donors (Lipinski definition) is 3. The van der Waals surface area contributed by atoms with Gasteiger partial charge in [0, 0.05) is 11.2 Å². The van der Waals surface area contributed by atoms with Crippen molar-refractivity contribution in [1.29, 1.82) is 0 Å². The molecular formula is C15H22N2O4. The van der Waals surface area contributed by atoms with Crippen LogP contribution in [0.25, 0.3) is 0 Å². The number of ether oxygens (including phenoxy) is 1. The lowest BCUT2D eigenvalue weighted by atomic mass is 10.1. The fourth-order valence-corrected chi connectivity index (χ4v) is 1.49. The third-order valence-corrected chi connectivity index (χ3v) is 2.53. The largest absolute Gasteiger partial charge is 0.436 e. The van der Waals surface area contributed by atoms with E-state index in [4.69, 9.17) is 9.84 Å². The Morgan fingerprint density at radius 1 is 1.24 bits per heavy atom. The molecule has 0 aliphatic carbocycles. The summed E-state index contributed by atoms with van der Waals surface area (Å²) < 4.78 is 5.00. The van der Waals surface area contributed by atoms with Gasteiger partial charge in [0.05, 0.1) is 6.61 Å². The van der Waals surface area contributed by atoms with Crippen molar-refractivity contribution in [3.05, 3.63) is 29.8 Å². The zero-order valence-electron chi connectivity index (χ0n) is 12.8. The van der Waals surface area contributed by atoms with Crippen LogP contribution in [0.15, 0.2) is 24.3 Å². The molecule has 6 heteroatoms. The highest BCUT2D eigenvalue weighted by Gasteiger charge is 2.21. The summed E-state index contributed by atoms with van der Waals surface area (Å²) >= 11 is 0. The Kier molecular flexibility index (Phi) is 5.72. The topological polar surface area (TPSA) is 87.7 Å². The average Bonchev–Trinajstić information content (AvgIpc) is 2.37. The standard InChI is InChI=1S/C15H22N2O4/c1-10(21-14(20)17-15(2,3)4)13(19)16-12-7-5-11(9-18)6-8-12/h5-8,10,18H,9H2,1-4H3,(H,16,19)(H,17,20)/t10-/m0/s1. The van der Waals surface area contributed by atoms with Gasteiger partial charge in [0.25, 0.3) is 5.91 Å². The number of carbonyl (C=O) groups excluding carboxylic acids is 2. The summed E-state index contributed by atoms with van der Waals surface area (Å²) in [5.41, 5.74) is 0.902. The molecule has 0 aliphatic rings. The molecule has 0 saturated heterocycles. The normalized spacial score (nSPS) is 12.4. The van der Waals surface area contributed by atoms with Gasteiger partial charge in [0.2, 0.25) is 0 Å². The lowest BCUT2D eigenvalue weighted by Gasteiger charge is -2.21. The van der Waals surface area contributed by atoms with Gasteiger partial charge in [-0.3, -0.25) is 4.79 Å². The Balaban J connectivity index is 2.52. The van der Waals surface area contributed by atoms with E-state index >= 15 is 0 Å². The van der Waals surface area contributed by atoms with E-state index in [1.54, 1.807) is 24.3 Å². The monoisotopic (exact) mass is 294 g/mol. The van der Waals surface area contributed by atoms with E-state index in [1.165, 1.54) is 6.92 Å². The highest BCUT2D eigenvalue weighted by atomic mass is 16.6. The number of aliphatic hydroxyl groups excluding tert-OH is 1. The summed E-state index contributed by atoms with van der Waals surface area (Å²) in [5, 5.41) is 14.2. The van der Waals surface area contributed by atoms with Crippen LogP contribution in [0.1, 0.15) is 33.3 Å². The van der Waals surface area contributed by atoms with Gasteiger partial charge in [-0.05, 0) is 45.4 Å². The Labute approximate surface area is 124 Å². The minimum absolute atomic E-state index is 0.0548. The number of alkyl carbamates (subject to hydrolysis) is 1. The van der Waals surface area contributed by atoms with Crippen molar-refractivity contribution in [3.8, 4) is 0 Å². The first kappa shape index (κ1) is 17.0. The summed E-state index contributed by atoms with van der Waals surface area (Å²) in [7, 11) is 0. The van der Waals surface area contributed by atoms with Gasteiger partial charge in [-0.25, -0.2) is 4.79 Å². The fraction of sp³-hybridized carbons (Fsp3) is 0.467. The molecule has 1 atom stereocenters. The Morgan fingerprint density at radius 2 is 1.81 bits per heavy atom. The van der Waals surface area contributed by atoms with Gasteiger partial charge in [0.15, 0.2) is 6.10 Å². The van der Waals surface area contributed by atoms with Crippen LogP contribution in [-0.2, 0) is 16.1 Å². The molecule has 0 bridgehead atoms. The van der Waals surface area contributed by atoms with Crippen molar-refractivity contribution in [2.24, 2.45) is 0 Å². The van der Waals surface area contributed by atoms with E-state index in [1.807, 2.05) is 20.8 Å². The number of amides is 2. The first-order chi connectivity index (χ1) is 9.71. The molecule has 0 unspecified atom stereocenters. The first-order valence-electron chi connectivity index (χ1n) is 6.71. The predicted octanol–water partition coefficient (Wildman–Crippen LogP) is 2.03. The predicted molar refractivity (Wildman–Crippen MR) is 79.8 cm³/mol. The van der Waals surface area contributed by atoms with E-state index in [0.29, 0.717) is 5.69 Å². The van der Waals surface area contributed by atoms with Crippen LogP contribution < -0.4 is 10.6 Å². The number of nitrogens with one attached hydrogen (secondary N) is 2. The number of rotatable bonds is 4. The van der Waals surface area contributed by atoms with Gasteiger partial charge in [-0.2, -0.15) is 0 Å². The summed E-state index contributed by atoms with van der Waals surface area (Å²) in [6.45, 7) is 6.91. The molecule has 1 rings (SSSR count). The minimum Gasteiger partial charge on any atom is -0.436 e. The molecule has 21 heavy (non-hydrogen) atoms. The van der Waals surface area contributed by atoms with Crippen molar-refractivity contribution in [1.82, 2.24) is 5.32 Å². The van der Waals surface area contributed by atoms with Gasteiger partial charge in [-0.1, -0.05) is 12.1 Å². The molecule has 1 aromatic carbocycles. The smallest absolute Gasteiger partial charge is 0.408 e. The number of carbonyl (C=O) groups is 2. The highest BCUT2D eigenvalue weighted by molar-refractivity contribution is 5.95. The molecule has 116 valence electrons. The number of aliphatic hydroxyl groups is 1. The SMILES string of the molecule is C[C@H](OC(=O)NC(C)(C)C)C(=O)Nc1ccc(CO)cc1. The maximum Gasteiger partial charge on any atom is 0.408 e. The molecule has 6 nitrogen and oxygen atoms in total. The zero-order chi connectivity index (χ0) is 16.0. The maximum atomic E-state index is 11.9. The third kappa shape index (κ3) is 6.27. The van der Waals surface area contributed by atoms with E-state index in [2.05, 4.69) is 10.6 Å². The van der Waals surface area contributed by atoms with Crippen molar-refractivity contribution < 1.29 is 19.4 Å². The first-order valence-corrected chi connectivity index (χ1v) is 6.71. The lowest BCUT2D eigenvalue weighted by molar-refractivity contribution is -0.123. The van der Waals surface area contributed by atoms with Gasteiger partial charge in [-0.15, -0.1) is 0 Å². The maximum absolute atomic E-state index is 11.9. The summed E-state index contributed by atoms with van der Waals surface area (Å²) in [6.07, 6.45) is -1.55. The molecule has 0 saturated carbocycles. The van der Waals surface area contributed by atoms with Crippen molar-refractivity contribution in [3.63, 3.8) is 0 Å². The summed E-state index contributed by atoms with van der Waals surface area (Å²) in [5.74, 6) is -0.421. The Hall–Kier alpha value is -2.08. The van der Waals surface area contributed by atoms with E-state index in [-0.39, 0.29) is 6.61 Å². The quantitative estimate of drug-likeness (QED) is 0.793. The summed E-state index contributed by atoms with van der Waals surface area (Å²) in [6, 6.07) is 6.75. The number of hydrogen-bond acceptors (Lipinski definition) is 4. The number of benzene rings is 1. The second kappa shape index (κ2) is 7.08. The highest BCUT2D eigenvalue weighted by Crippen LogP contribution is 2.10. The van der Waals surface area contributed by atoms with Crippen molar-refractivity contribution in [2.45, 2.75) is 45.9 Å². The Bertz CT molecular complexity index is 491. The molecule has 0 aliphatic heterocycles. The zero-order valence-corrected chi connectivity index (χ0v) is 12.8. The molecule has 0 spiro atoms. The third-order valence-electron chi connectivity index (χ3n) is 2.53. The van der Waals surface area contributed by atoms with E-state index < -0.39 is 23.6 Å². The van der Waals surface area contributed by atoms with Crippen LogP contribution in [0.4, 0.5) is 10.5 Å². The van der Waals surface area contributed by atoms with Crippen LogP contribution in [-0.4, -0.2) is 28.7 Å². The molecule has 2 amide bonds. The van der Waals surface area contributed by atoms with Gasteiger partial charge >= 0.3 is 6.09 Å². The lowest BCUT2D eigenvalue weighted by Crippen LogP contribution is -2.43. The van der Waals surface area contributed by atoms with E-state index in [9.17, 15) is 9.59 Å². The van der Waals surface area contributed by atoms with Crippen molar-refractivity contribution in [2.75, 3.05) is 5.32 Å². The van der Waals surface area contributed by atoms with Gasteiger partial charge < -0.3 is 20.5 Å². The summed E-state index contributed by atoms with van der Waals surface area (Å²) in [4.78, 5) is 23.5. The van der Waals surface area contributed by atoms with Crippen molar-refractivity contribution >= 4 is 17.7 Å². The number of anilines is 1. The van der Waals surface area contributed by atoms with Crippen LogP contribution in [0.2, 0.25) is 0 Å². The van der Waals surface area contributed by atoms with Crippen LogP contribution in [0.3, 0.4) is 0 Å². The molecule has 0 heterocycles. The molecule has 0 aromatic heterocycles. The van der Waals surface area contributed by atoms with Crippen LogP contribution in [0, 0.1) is 0 Å². The van der Waals surface area contributed by atoms with E-state index in [0.717, 1.165) is 5.56 Å². The average molecular weight is 294 g/mol. The fourth-order valence-electron chi connectivity index (χ4n) is 1.49. The van der Waals surface area contributed by atoms with Gasteiger partial charge in [0.1, 0.15) is 0 Å². The molecule has 0 radical (unpaired) electrons. The molecular weight excluding hydrogens is 272 g/mol. The van der Waals surface area contributed by atoms with Crippen LogP contribution in [0.5, 0.6) is 0 Å². The Morgan fingerprint density at radius 3 is 2.29 bits per heavy atom.